The molecule has 0 spiro atoms. The Bertz CT molecular complexity index is 750. The van der Waals surface area contributed by atoms with Gasteiger partial charge in [-0.15, -0.1) is 0 Å². The number of aromatic nitrogens is 1. The van der Waals surface area contributed by atoms with Gasteiger partial charge in [-0.2, -0.15) is 0 Å². The number of carboxylic acid groups (broad SMARTS) is 1. The summed E-state index contributed by atoms with van der Waals surface area (Å²) in [6, 6.07) is 7.95. The first-order valence-corrected chi connectivity index (χ1v) is 8.04. The van der Waals surface area contributed by atoms with E-state index in [2.05, 4.69) is 22.9 Å². The molecule has 0 radical (unpaired) electrons. The van der Waals surface area contributed by atoms with Crippen LogP contribution in [0.5, 0.6) is 0 Å². The summed E-state index contributed by atoms with van der Waals surface area (Å²) in [4.78, 5) is 25.4. The van der Waals surface area contributed by atoms with Gasteiger partial charge in [-0.3, -0.25) is 9.59 Å². The van der Waals surface area contributed by atoms with Crippen molar-refractivity contribution >= 4 is 22.8 Å². The summed E-state index contributed by atoms with van der Waals surface area (Å²) in [6.45, 7) is 2.38. The van der Waals surface area contributed by atoms with Crippen molar-refractivity contribution in [3.05, 3.63) is 36.0 Å². The SMILES string of the molecule is CC1C(C(=O)O)CCN1C(=O)CCc1cn(C)c2ccccc12. The third-order valence-electron chi connectivity index (χ3n) is 4.98. The van der Waals surface area contributed by atoms with E-state index < -0.39 is 11.9 Å². The molecule has 1 N–H and O–H groups in total. The summed E-state index contributed by atoms with van der Waals surface area (Å²) in [5, 5.41) is 10.4. The molecule has 23 heavy (non-hydrogen) atoms. The van der Waals surface area contributed by atoms with E-state index in [9.17, 15) is 14.7 Å². The lowest BCUT2D eigenvalue weighted by atomic mass is 10.0. The van der Waals surface area contributed by atoms with Crippen LogP contribution in [-0.2, 0) is 23.1 Å². The van der Waals surface area contributed by atoms with Gasteiger partial charge in [-0.1, -0.05) is 18.2 Å². The summed E-state index contributed by atoms with van der Waals surface area (Å²) in [7, 11) is 2.01. The van der Waals surface area contributed by atoms with E-state index in [0.29, 0.717) is 25.8 Å². The van der Waals surface area contributed by atoms with Crippen molar-refractivity contribution in [2.75, 3.05) is 6.54 Å². The molecule has 5 nitrogen and oxygen atoms in total. The average molecular weight is 314 g/mol. The Kier molecular flexibility index (Phi) is 4.11. The number of hydrogen-bond acceptors (Lipinski definition) is 2. The zero-order chi connectivity index (χ0) is 16.6. The van der Waals surface area contributed by atoms with Crippen LogP contribution in [0.2, 0.25) is 0 Å². The number of nitrogens with zero attached hydrogens (tertiary/aromatic N) is 2. The number of carboxylic acids is 1. The van der Waals surface area contributed by atoms with Crippen LogP contribution in [0.3, 0.4) is 0 Å². The second kappa shape index (κ2) is 6.07. The second-order valence-corrected chi connectivity index (χ2v) is 6.34. The molecule has 3 rings (SSSR count). The lowest BCUT2D eigenvalue weighted by Gasteiger charge is -2.23. The van der Waals surface area contributed by atoms with Crippen molar-refractivity contribution in [1.82, 2.24) is 9.47 Å². The molecule has 0 bridgehead atoms. The van der Waals surface area contributed by atoms with E-state index in [1.165, 1.54) is 5.39 Å². The van der Waals surface area contributed by atoms with Crippen LogP contribution >= 0.6 is 0 Å². The number of carbonyl (C=O) groups excluding carboxylic acids is 1. The number of carbonyl (C=O) groups is 2. The van der Waals surface area contributed by atoms with Gasteiger partial charge in [0.05, 0.1) is 5.92 Å². The van der Waals surface area contributed by atoms with E-state index in [1.807, 2.05) is 26.1 Å². The van der Waals surface area contributed by atoms with Crippen LogP contribution in [0.1, 0.15) is 25.3 Å². The Balaban J connectivity index is 1.68. The molecule has 5 heteroatoms. The Morgan fingerprint density at radius 3 is 2.74 bits per heavy atom. The largest absolute Gasteiger partial charge is 0.481 e. The van der Waals surface area contributed by atoms with E-state index in [4.69, 9.17) is 0 Å². The summed E-state index contributed by atoms with van der Waals surface area (Å²) in [6.07, 6.45) is 3.73. The van der Waals surface area contributed by atoms with Gasteiger partial charge < -0.3 is 14.6 Å². The number of benzene rings is 1. The van der Waals surface area contributed by atoms with Gasteiger partial charge in [0.2, 0.25) is 5.91 Å². The number of para-hydroxylation sites is 1. The van der Waals surface area contributed by atoms with Gasteiger partial charge in [0.1, 0.15) is 0 Å². The second-order valence-electron chi connectivity index (χ2n) is 6.34. The van der Waals surface area contributed by atoms with Gasteiger partial charge in [0.25, 0.3) is 0 Å². The summed E-state index contributed by atoms with van der Waals surface area (Å²) in [5.41, 5.74) is 2.33. The third-order valence-corrected chi connectivity index (χ3v) is 4.98. The fourth-order valence-electron chi connectivity index (χ4n) is 3.63. The number of amides is 1. The normalized spacial score (nSPS) is 21.0. The smallest absolute Gasteiger partial charge is 0.308 e. The van der Waals surface area contributed by atoms with Gasteiger partial charge in [0, 0.05) is 43.2 Å². The Morgan fingerprint density at radius 1 is 1.30 bits per heavy atom. The van der Waals surface area contributed by atoms with Gasteiger partial charge in [0.15, 0.2) is 0 Å². The fraction of sp³-hybridized carbons (Fsp3) is 0.444. The van der Waals surface area contributed by atoms with Gasteiger partial charge in [-0.25, -0.2) is 0 Å². The summed E-state index contributed by atoms with van der Waals surface area (Å²) in [5.74, 6) is -1.19. The maximum atomic E-state index is 12.5. The first-order chi connectivity index (χ1) is 11.0. The van der Waals surface area contributed by atoms with E-state index in [0.717, 1.165) is 11.1 Å². The number of aliphatic carboxylic acids is 1. The van der Waals surface area contributed by atoms with Crippen LogP contribution in [-0.4, -0.2) is 39.0 Å². The van der Waals surface area contributed by atoms with E-state index in [1.54, 1.807) is 4.90 Å². The molecule has 1 aliphatic heterocycles. The molecule has 2 atom stereocenters. The first kappa shape index (κ1) is 15.6. The molecule has 0 aliphatic carbocycles. The van der Waals surface area contributed by atoms with Crippen molar-refractivity contribution in [3.63, 3.8) is 0 Å². The number of rotatable bonds is 4. The van der Waals surface area contributed by atoms with Crippen molar-refractivity contribution in [2.45, 2.75) is 32.2 Å². The Labute approximate surface area is 135 Å². The van der Waals surface area contributed by atoms with E-state index in [-0.39, 0.29) is 11.9 Å². The predicted octanol–water partition coefficient (Wildman–Crippen LogP) is 2.43. The standard InChI is InChI=1S/C18H22N2O3/c1-12-14(18(22)23)9-10-20(12)17(21)8-7-13-11-19(2)16-6-4-3-5-15(13)16/h3-6,11-12,14H,7-10H2,1-2H3,(H,22,23). The minimum Gasteiger partial charge on any atom is -0.481 e. The van der Waals surface area contributed by atoms with Crippen molar-refractivity contribution < 1.29 is 14.7 Å². The molecule has 1 aliphatic rings. The number of aryl methyl sites for hydroxylation is 2. The topological polar surface area (TPSA) is 62.5 Å². The fourth-order valence-corrected chi connectivity index (χ4v) is 3.63. The Morgan fingerprint density at radius 2 is 2.04 bits per heavy atom. The van der Waals surface area contributed by atoms with Crippen LogP contribution in [0.15, 0.2) is 30.5 Å². The highest BCUT2D eigenvalue weighted by Crippen LogP contribution is 2.26. The first-order valence-electron chi connectivity index (χ1n) is 8.04. The lowest BCUT2D eigenvalue weighted by molar-refractivity contribution is -0.143. The molecule has 122 valence electrons. The zero-order valence-corrected chi connectivity index (χ0v) is 13.5. The van der Waals surface area contributed by atoms with Gasteiger partial charge >= 0.3 is 5.97 Å². The number of hydrogen-bond donors (Lipinski definition) is 1. The van der Waals surface area contributed by atoms with Crippen LogP contribution < -0.4 is 0 Å². The molecule has 2 heterocycles. The molecule has 2 unspecified atom stereocenters. The van der Waals surface area contributed by atoms with Gasteiger partial charge in [-0.05, 0) is 31.4 Å². The van der Waals surface area contributed by atoms with Crippen LogP contribution in [0.4, 0.5) is 0 Å². The monoisotopic (exact) mass is 314 g/mol. The number of likely N-dealkylation sites (tertiary alicyclic amines) is 1. The molecular formula is C18H22N2O3. The highest BCUT2D eigenvalue weighted by Gasteiger charge is 2.37. The van der Waals surface area contributed by atoms with E-state index >= 15 is 0 Å². The molecule has 1 amide bonds. The Hall–Kier alpha value is -2.30. The maximum absolute atomic E-state index is 12.5. The van der Waals surface area contributed by atoms with Crippen LogP contribution in [0.25, 0.3) is 10.9 Å². The molecule has 1 aromatic carbocycles. The quantitative estimate of drug-likeness (QED) is 0.943. The van der Waals surface area contributed by atoms with Crippen molar-refractivity contribution in [3.8, 4) is 0 Å². The van der Waals surface area contributed by atoms with Crippen molar-refractivity contribution in [1.29, 1.82) is 0 Å². The molecule has 0 saturated carbocycles. The lowest BCUT2D eigenvalue weighted by Crippen LogP contribution is -2.37. The van der Waals surface area contributed by atoms with Crippen LogP contribution in [0, 0.1) is 5.92 Å². The molecule has 1 aromatic heterocycles. The highest BCUT2D eigenvalue weighted by atomic mass is 16.4. The number of fused-ring (bicyclic) bond motifs is 1. The zero-order valence-electron chi connectivity index (χ0n) is 13.5. The minimum atomic E-state index is -0.804. The average Bonchev–Trinajstić information content (AvgIpc) is 3.06. The highest BCUT2D eigenvalue weighted by molar-refractivity contribution is 5.85. The summed E-state index contributed by atoms with van der Waals surface area (Å²) >= 11 is 0. The maximum Gasteiger partial charge on any atom is 0.308 e. The minimum absolute atomic E-state index is 0.0502. The molecular weight excluding hydrogens is 292 g/mol. The van der Waals surface area contributed by atoms with Crippen molar-refractivity contribution in [2.24, 2.45) is 13.0 Å². The molecule has 1 saturated heterocycles. The molecule has 1 fully saturated rings. The summed E-state index contributed by atoms with van der Waals surface area (Å²) < 4.78 is 2.08. The molecule has 2 aromatic rings. The third kappa shape index (κ3) is 2.83. The predicted molar refractivity (Wildman–Crippen MR) is 88.2 cm³/mol.